The second kappa shape index (κ2) is 7.29. The molecule has 0 saturated heterocycles. The maximum atomic E-state index is 14.2. The molecule has 1 aromatic heterocycles. The van der Waals surface area contributed by atoms with Crippen molar-refractivity contribution in [3.63, 3.8) is 0 Å². The molecule has 0 unspecified atom stereocenters. The summed E-state index contributed by atoms with van der Waals surface area (Å²) in [5.41, 5.74) is 5.97. The number of benzene rings is 2. The number of hydrogen-bond donors (Lipinski definition) is 1. The monoisotopic (exact) mass is 424 g/mol. The zero-order chi connectivity index (χ0) is 22.7. The van der Waals surface area contributed by atoms with Gasteiger partial charge in [-0.15, -0.1) is 0 Å². The van der Waals surface area contributed by atoms with Crippen LogP contribution in [0, 0.1) is 19.7 Å². The smallest absolute Gasteiger partial charge is 0.307 e. The number of aliphatic carboxylic acids is 1. The molecule has 0 aliphatic carbocycles. The molecule has 31 heavy (non-hydrogen) atoms. The topological polar surface area (TPSA) is 54.7 Å². The molecule has 0 spiro atoms. The average Bonchev–Trinajstić information content (AvgIpc) is 2.96. The third-order valence-corrected chi connectivity index (χ3v) is 5.91. The Hall–Kier alpha value is -3.02. The predicted molar refractivity (Wildman–Crippen MR) is 122 cm³/mol. The van der Waals surface area contributed by atoms with Crippen molar-refractivity contribution in [1.82, 2.24) is 4.57 Å². The summed E-state index contributed by atoms with van der Waals surface area (Å²) < 4.78 is 22.6. The van der Waals surface area contributed by atoms with Crippen molar-refractivity contribution >= 4 is 22.6 Å². The first-order valence-electron chi connectivity index (χ1n) is 10.5. The predicted octanol–water partition coefficient (Wildman–Crippen LogP) is 5.32. The number of likely N-dealkylation sites (N-methyl/N-ethyl adjacent to an activating group) is 1. The zero-order valence-corrected chi connectivity index (χ0v) is 19.0. The van der Waals surface area contributed by atoms with Crippen LogP contribution in [0.3, 0.4) is 0 Å². The average molecular weight is 425 g/mol. The van der Waals surface area contributed by atoms with Crippen LogP contribution < -0.4 is 9.64 Å². The van der Waals surface area contributed by atoms with Gasteiger partial charge in [-0.25, -0.2) is 4.39 Å². The van der Waals surface area contributed by atoms with Crippen LogP contribution >= 0.6 is 0 Å². The summed E-state index contributed by atoms with van der Waals surface area (Å²) in [4.78, 5) is 14.1. The Kier molecular flexibility index (Phi) is 4.99. The minimum atomic E-state index is -0.897. The van der Waals surface area contributed by atoms with Gasteiger partial charge in [0.1, 0.15) is 17.2 Å². The van der Waals surface area contributed by atoms with E-state index in [4.69, 9.17) is 4.74 Å². The molecule has 6 heteroatoms. The second-order valence-corrected chi connectivity index (χ2v) is 9.37. The van der Waals surface area contributed by atoms with Crippen molar-refractivity contribution in [3.8, 4) is 16.9 Å². The lowest BCUT2D eigenvalue weighted by atomic mass is 9.88. The number of carbonyl (C=O) groups is 1. The summed E-state index contributed by atoms with van der Waals surface area (Å²) >= 11 is 0. The molecule has 4 rings (SSSR count). The highest BCUT2D eigenvalue weighted by atomic mass is 19.1. The summed E-state index contributed by atoms with van der Waals surface area (Å²) in [7, 11) is 2.05. The van der Waals surface area contributed by atoms with Crippen LogP contribution in [-0.2, 0) is 17.8 Å². The molecular weight excluding hydrogens is 395 g/mol. The lowest BCUT2D eigenvalue weighted by molar-refractivity contribution is -0.136. The van der Waals surface area contributed by atoms with Gasteiger partial charge in [0, 0.05) is 42.8 Å². The lowest BCUT2D eigenvalue weighted by Gasteiger charge is -2.32. The summed E-state index contributed by atoms with van der Waals surface area (Å²) in [5.74, 6) is -0.865. The summed E-state index contributed by atoms with van der Waals surface area (Å²) in [6.45, 7) is 11.5. The standard InChI is InChI=1S/C25H29FN2O3/c1-14-11-19-22(17-8-7-16(26)12-20(17)31-25(3,4)5)18(13-21(29)30)15(2)23-24(19)28(14)10-9-27(23)6/h7-8,11-12H,9-10,13H2,1-6H3,(H,29,30). The van der Waals surface area contributed by atoms with Crippen LogP contribution in [0.1, 0.15) is 37.6 Å². The van der Waals surface area contributed by atoms with Gasteiger partial charge >= 0.3 is 5.97 Å². The van der Waals surface area contributed by atoms with Gasteiger partial charge in [0.05, 0.1) is 17.6 Å². The van der Waals surface area contributed by atoms with Gasteiger partial charge in [0.15, 0.2) is 0 Å². The van der Waals surface area contributed by atoms with Gasteiger partial charge in [-0.3, -0.25) is 4.79 Å². The van der Waals surface area contributed by atoms with E-state index in [1.807, 2.05) is 34.7 Å². The molecule has 1 N–H and O–H groups in total. The highest BCUT2D eigenvalue weighted by molar-refractivity contribution is 6.08. The first-order valence-corrected chi connectivity index (χ1v) is 10.5. The van der Waals surface area contributed by atoms with E-state index in [1.54, 1.807) is 6.07 Å². The van der Waals surface area contributed by atoms with Crippen LogP contribution in [0.4, 0.5) is 10.1 Å². The molecule has 0 radical (unpaired) electrons. The van der Waals surface area contributed by atoms with Gasteiger partial charge in [-0.1, -0.05) is 0 Å². The Morgan fingerprint density at radius 2 is 1.90 bits per heavy atom. The summed E-state index contributed by atoms with van der Waals surface area (Å²) in [5, 5.41) is 10.7. The molecule has 1 aliphatic heterocycles. The zero-order valence-electron chi connectivity index (χ0n) is 19.0. The van der Waals surface area contributed by atoms with E-state index in [0.29, 0.717) is 11.3 Å². The number of hydrogen-bond acceptors (Lipinski definition) is 3. The largest absolute Gasteiger partial charge is 0.487 e. The molecule has 5 nitrogen and oxygen atoms in total. The normalized spacial score (nSPS) is 13.7. The van der Waals surface area contributed by atoms with Crippen molar-refractivity contribution in [3.05, 3.63) is 46.9 Å². The molecule has 3 aromatic rings. The van der Waals surface area contributed by atoms with Crippen molar-refractivity contribution in [2.75, 3.05) is 18.5 Å². The van der Waals surface area contributed by atoms with Crippen LogP contribution in [0.25, 0.3) is 22.0 Å². The van der Waals surface area contributed by atoms with Gasteiger partial charge in [-0.05, 0) is 69.5 Å². The third kappa shape index (κ3) is 3.64. The Balaban J connectivity index is 2.14. The van der Waals surface area contributed by atoms with E-state index >= 15 is 0 Å². The van der Waals surface area contributed by atoms with E-state index < -0.39 is 11.6 Å². The molecule has 0 fully saturated rings. The number of nitrogens with zero attached hydrogens (tertiary/aromatic N) is 2. The van der Waals surface area contributed by atoms with E-state index in [1.165, 1.54) is 12.1 Å². The fourth-order valence-electron chi connectivity index (χ4n) is 4.71. The lowest BCUT2D eigenvalue weighted by Crippen LogP contribution is -2.29. The maximum Gasteiger partial charge on any atom is 0.307 e. The molecule has 0 saturated carbocycles. The SMILES string of the molecule is Cc1c(CC(=O)O)c(-c2ccc(F)cc2OC(C)(C)C)c2cc(C)n3c2c1N(C)CC3. The fraction of sp³-hybridized carbons (Fsp3) is 0.400. The number of halogens is 1. The van der Waals surface area contributed by atoms with E-state index in [-0.39, 0.29) is 12.2 Å². The number of carboxylic acid groups (broad SMARTS) is 1. The number of ether oxygens (including phenoxy) is 1. The minimum absolute atomic E-state index is 0.117. The van der Waals surface area contributed by atoms with Crippen LogP contribution in [0.5, 0.6) is 5.75 Å². The van der Waals surface area contributed by atoms with E-state index in [0.717, 1.165) is 52.1 Å². The minimum Gasteiger partial charge on any atom is -0.487 e. The van der Waals surface area contributed by atoms with Crippen molar-refractivity contribution < 1.29 is 19.0 Å². The first kappa shape index (κ1) is 21.2. The van der Waals surface area contributed by atoms with Crippen molar-refractivity contribution in [2.24, 2.45) is 0 Å². The van der Waals surface area contributed by atoms with E-state index in [2.05, 4.69) is 22.5 Å². The second-order valence-electron chi connectivity index (χ2n) is 9.37. The third-order valence-electron chi connectivity index (χ3n) is 5.91. The van der Waals surface area contributed by atoms with Crippen LogP contribution in [0.15, 0.2) is 24.3 Å². The number of aromatic nitrogens is 1. The molecule has 0 atom stereocenters. The van der Waals surface area contributed by atoms with Gasteiger partial charge in [-0.2, -0.15) is 0 Å². The number of rotatable bonds is 4. The number of carboxylic acids is 1. The Morgan fingerprint density at radius 3 is 2.55 bits per heavy atom. The quantitative estimate of drug-likeness (QED) is 0.616. The molecule has 2 heterocycles. The molecule has 1 aliphatic rings. The molecule has 0 bridgehead atoms. The summed E-state index contributed by atoms with van der Waals surface area (Å²) in [6.07, 6.45) is -0.117. The number of aryl methyl sites for hydroxylation is 1. The Morgan fingerprint density at radius 1 is 1.19 bits per heavy atom. The first-order chi connectivity index (χ1) is 14.5. The molecular formula is C25H29FN2O3. The maximum absolute atomic E-state index is 14.2. The molecule has 2 aromatic carbocycles. The molecule has 0 amide bonds. The summed E-state index contributed by atoms with van der Waals surface area (Å²) in [6, 6.07) is 6.62. The van der Waals surface area contributed by atoms with Crippen molar-refractivity contribution in [2.45, 2.75) is 53.2 Å². The van der Waals surface area contributed by atoms with Crippen molar-refractivity contribution in [1.29, 1.82) is 0 Å². The van der Waals surface area contributed by atoms with Gasteiger partial charge in [0.2, 0.25) is 0 Å². The van der Waals surface area contributed by atoms with Crippen LogP contribution in [0.2, 0.25) is 0 Å². The number of anilines is 1. The fourth-order valence-corrected chi connectivity index (χ4v) is 4.71. The highest BCUT2D eigenvalue weighted by Gasteiger charge is 2.29. The Labute approximate surface area is 182 Å². The Bertz CT molecular complexity index is 1200. The van der Waals surface area contributed by atoms with E-state index in [9.17, 15) is 14.3 Å². The van der Waals surface area contributed by atoms with Gasteiger partial charge in [0.25, 0.3) is 0 Å². The van der Waals surface area contributed by atoms with Gasteiger partial charge < -0.3 is 19.3 Å². The molecule has 164 valence electrons. The highest BCUT2D eigenvalue weighted by Crippen LogP contribution is 2.47. The van der Waals surface area contributed by atoms with Crippen LogP contribution in [-0.4, -0.2) is 34.8 Å².